The molecule has 0 spiro atoms. The number of amides is 1. The lowest BCUT2D eigenvalue weighted by molar-refractivity contribution is 0.0713. The maximum Gasteiger partial charge on any atom is 0.253 e. The minimum Gasteiger partial charge on any atom is -0.343 e. The number of aliphatic imine (C=N–C) groups is 1. The van der Waals surface area contributed by atoms with Gasteiger partial charge in [-0.2, -0.15) is 0 Å². The monoisotopic (exact) mass is 453 g/mol. The summed E-state index contributed by atoms with van der Waals surface area (Å²) in [6.45, 7) is 2.19. The van der Waals surface area contributed by atoms with Crippen molar-refractivity contribution < 1.29 is 9.18 Å². The number of nitrogens with zero attached hydrogens (tertiary/aromatic N) is 3. The average molecular weight is 454 g/mol. The van der Waals surface area contributed by atoms with Crippen LogP contribution in [0.15, 0.2) is 84.0 Å². The third kappa shape index (κ3) is 4.51. The highest BCUT2D eigenvalue weighted by atomic mass is 19.1. The highest BCUT2D eigenvalue weighted by Crippen LogP contribution is 2.35. The molecule has 1 saturated heterocycles. The largest absolute Gasteiger partial charge is 0.343 e. The number of para-hydroxylation sites is 1. The van der Waals surface area contributed by atoms with E-state index in [1.807, 2.05) is 41.3 Å². The molecule has 1 fully saturated rings. The number of rotatable bonds is 5. The number of carbonyl (C=O) groups excluding carboxylic acids is 1. The van der Waals surface area contributed by atoms with Gasteiger partial charge in [-0.05, 0) is 65.8 Å². The number of piperidine rings is 1. The lowest BCUT2D eigenvalue weighted by atomic mass is 9.89. The van der Waals surface area contributed by atoms with Crippen molar-refractivity contribution in [2.24, 2.45) is 4.99 Å². The molecule has 0 bridgehead atoms. The quantitative estimate of drug-likeness (QED) is 0.347. The number of aromatic nitrogens is 1. The van der Waals surface area contributed by atoms with Gasteiger partial charge in [0.25, 0.3) is 5.91 Å². The number of likely N-dealkylation sites (tertiary alicyclic amines) is 1. The second-order valence-electron chi connectivity index (χ2n) is 8.94. The van der Waals surface area contributed by atoms with Crippen LogP contribution in [0.3, 0.4) is 0 Å². The van der Waals surface area contributed by atoms with Gasteiger partial charge in [0.05, 0.1) is 0 Å². The molecule has 0 saturated carbocycles. The van der Waals surface area contributed by atoms with Crippen molar-refractivity contribution in [3.8, 4) is 0 Å². The summed E-state index contributed by atoms with van der Waals surface area (Å²) in [4.78, 5) is 19.1. The smallest absolute Gasteiger partial charge is 0.253 e. The lowest BCUT2D eigenvalue weighted by Crippen LogP contribution is -2.37. The highest BCUT2D eigenvalue weighted by Gasteiger charge is 2.26. The number of fused-ring (bicyclic) bond motifs is 1. The van der Waals surface area contributed by atoms with Crippen LogP contribution in [0, 0.1) is 5.82 Å². The fourth-order valence-electron chi connectivity index (χ4n) is 5.00. The molecule has 5 heteroatoms. The van der Waals surface area contributed by atoms with E-state index in [4.69, 9.17) is 0 Å². The van der Waals surface area contributed by atoms with Crippen LogP contribution in [-0.4, -0.2) is 41.7 Å². The Morgan fingerprint density at radius 3 is 2.56 bits per heavy atom. The van der Waals surface area contributed by atoms with E-state index < -0.39 is 0 Å². The van der Waals surface area contributed by atoms with Gasteiger partial charge < -0.3 is 9.47 Å². The molecule has 0 N–H and O–H groups in total. The van der Waals surface area contributed by atoms with E-state index >= 15 is 0 Å². The first-order valence-corrected chi connectivity index (χ1v) is 11.8. The van der Waals surface area contributed by atoms with Crippen LogP contribution in [0.25, 0.3) is 10.9 Å². The van der Waals surface area contributed by atoms with Crippen molar-refractivity contribution in [3.63, 3.8) is 0 Å². The summed E-state index contributed by atoms with van der Waals surface area (Å²) in [6, 6.07) is 22.8. The van der Waals surface area contributed by atoms with Gasteiger partial charge in [0.2, 0.25) is 0 Å². The van der Waals surface area contributed by atoms with E-state index in [2.05, 4.69) is 40.0 Å². The van der Waals surface area contributed by atoms with Gasteiger partial charge in [-0.25, -0.2) is 4.39 Å². The predicted molar refractivity (Wildman–Crippen MR) is 135 cm³/mol. The molecule has 0 radical (unpaired) electrons. The minimum absolute atomic E-state index is 0.0866. The molecule has 1 aromatic heterocycles. The molecule has 1 amide bonds. The molecule has 0 aliphatic carbocycles. The molecule has 2 heterocycles. The summed E-state index contributed by atoms with van der Waals surface area (Å²) in [5.74, 6) is 0.277. The summed E-state index contributed by atoms with van der Waals surface area (Å²) >= 11 is 0. The molecular formula is C29H28FN3O. The van der Waals surface area contributed by atoms with E-state index in [-0.39, 0.29) is 11.7 Å². The number of halogens is 1. The lowest BCUT2D eigenvalue weighted by Gasteiger charge is -2.32. The number of carbonyl (C=O) groups is 1. The second-order valence-corrected chi connectivity index (χ2v) is 8.94. The first-order chi connectivity index (χ1) is 16.6. The van der Waals surface area contributed by atoms with Gasteiger partial charge in [0.15, 0.2) is 0 Å². The Kier molecular flexibility index (Phi) is 6.26. The summed E-state index contributed by atoms with van der Waals surface area (Å²) < 4.78 is 15.6. The first kappa shape index (κ1) is 22.1. The Labute approximate surface area is 199 Å². The van der Waals surface area contributed by atoms with Crippen LogP contribution < -0.4 is 0 Å². The molecule has 4 nitrogen and oxygen atoms in total. The van der Waals surface area contributed by atoms with Crippen molar-refractivity contribution in [2.45, 2.75) is 25.3 Å². The normalized spacial score (nSPS) is 14.8. The molecule has 172 valence electrons. The zero-order valence-corrected chi connectivity index (χ0v) is 19.3. The zero-order valence-electron chi connectivity index (χ0n) is 19.3. The Hall–Kier alpha value is -3.73. The third-order valence-electron chi connectivity index (χ3n) is 6.72. The second kappa shape index (κ2) is 9.64. The Bertz CT molecular complexity index is 1330. The van der Waals surface area contributed by atoms with Crippen LogP contribution in [-0.2, 0) is 6.54 Å². The predicted octanol–water partition coefficient (Wildman–Crippen LogP) is 5.90. The number of benzene rings is 3. The molecule has 1 aliphatic rings. The molecule has 4 aromatic rings. The van der Waals surface area contributed by atoms with E-state index in [9.17, 15) is 9.18 Å². The minimum atomic E-state index is -0.215. The van der Waals surface area contributed by atoms with Crippen molar-refractivity contribution in [1.29, 1.82) is 0 Å². The molecule has 0 unspecified atom stereocenters. The Balaban J connectivity index is 1.33. The SMILES string of the molecule is CN=Cc1cccc(C(=O)N2CCC(c3cn(Cc4ccc(F)cc4)c4ccccc34)CC2)c1. The van der Waals surface area contributed by atoms with Crippen molar-refractivity contribution in [3.05, 3.63) is 107 Å². The molecule has 3 aromatic carbocycles. The van der Waals surface area contributed by atoms with Gasteiger partial charge in [0.1, 0.15) is 5.82 Å². The molecule has 1 aliphatic heterocycles. The van der Waals surface area contributed by atoms with Gasteiger partial charge in [-0.15, -0.1) is 0 Å². The number of hydrogen-bond acceptors (Lipinski definition) is 2. The van der Waals surface area contributed by atoms with Gasteiger partial charge in [0, 0.05) is 55.6 Å². The van der Waals surface area contributed by atoms with Crippen LogP contribution in [0.2, 0.25) is 0 Å². The van der Waals surface area contributed by atoms with E-state index in [1.165, 1.54) is 28.6 Å². The summed E-state index contributed by atoms with van der Waals surface area (Å²) in [5, 5.41) is 1.26. The van der Waals surface area contributed by atoms with Crippen LogP contribution in [0.1, 0.15) is 45.8 Å². The van der Waals surface area contributed by atoms with Crippen LogP contribution >= 0.6 is 0 Å². The zero-order chi connectivity index (χ0) is 23.5. The summed E-state index contributed by atoms with van der Waals surface area (Å²) in [6.07, 6.45) is 5.90. The van der Waals surface area contributed by atoms with Gasteiger partial charge in [-0.3, -0.25) is 9.79 Å². The molecule has 5 rings (SSSR count). The van der Waals surface area contributed by atoms with Gasteiger partial charge in [-0.1, -0.05) is 42.5 Å². The fourth-order valence-corrected chi connectivity index (χ4v) is 5.00. The number of hydrogen-bond donors (Lipinski definition) is 0. The first-order valence-electron chi connectivity index (χ1n) is 11.8. The van der Waals surface area contributed by atoms with Crippen LogP contribution in [0.4, 0.5) is 4.39 Å². The summed E-state index contributed by atoms with van der Waals surface area (Å²) in [7, 11) is 1.73. The average Bonchev–Trinajstić information content (AvgIpc) is 3.24. The van der Waals surface area contributed by atoms with Crippen LogP contribution in [0.5, 0.6) is 0 Å². The Morgan fingerprint density at radius 1 is 1.03 bits per heavy atom. The maximum absolute atomic E-state index is 13.3. The van der Waals surface area contributed by atoms with E-state index in [0.29, 0.717) is 18.0 Å². The molecule has 0 atom stereocenters. The highest BCUT2D eigenvalue weighted by molar-refractivity contribution is 5.96. The molecule has 34 heavy (non-hydrogen) atoms. The third-order valence-corrected chi connectivity index (χ3v) is 6.72. The van der Waals surface area contributed by atoms with Crippen molar-refractivity contribution >= 4 is 23.0 Å². The topological polar surface area (TPSA) is 37.6 Å². The maximum atomic E-state index is 13.3. The Morgan fingerprint density at radius 2 is 1.79 bits per heavy atom. The van der Waals surface area contributed by atoms with Crippen molar-refractivity contribution in [1.82, 2.24) is 9.47 Å². The van der Waals surface area contributed by atoms with E-state index in [0.717, 1.165) is 37.1 Å². The fraction of sp³-hybridized carbons (Fsp3) is 0.241. The molecular weight excluding hydrogens is 425 g/mol. The van der Waals surface area contributed by atoms with Gasteiger partial charge >= 0.3 is 0 Å². The summed E-state index contributed by atoms with van der Waals surface area (Å²) in [5.41, 5.74) is 5.26. The standard InChI is InChI=1S/C29H28FN3O/c1-31-18-22-5-4-6-24(17-22)29(34)32-15-13-23(14-16-32)27-20-33(28-8-3-2-7-26(27)28)19-21-9-11-25(30)12-10-21/h2-12,17-18,20,23H,13-16,19H2,1H3. The van der Waals surface area contributed by atoms with E-state index in [1.54, 1.807) is 13.3 Å². The van der Waals surface area contributed by atoms with Crippen molar-refractivity contribution in [2.75, 3.05) is 20.1 Å².